The highest BCUT2D eigenvalue weighted by Crippen LogP contribution is 2.18. The summed E-state index contributed by atoms with van der Waals surface area (Å²) in [6.07, 6.45) is 1.72. The highest BCUT2D eigenvalue weighted by molar-refractivity contribution is 5.53. The van der Waals surface area contributed by atoms with Crippen molar-refractivity contribution in [1.29, 1.82) is 5.26 Å². The Morgan fingerprint density at radius 3 is 2.85 bits per heavy atom. The number of aryl methyl sites for hydroxylation is 1. The number of rotatable bonds is 3. The maximum atomic E-state index is 12.2. The number of nitriles is 1. The van der Waals surface area contributed by atoms with Gasteiger partial charge in [-0.3, -0.25) is 14.8 Å². The SMILES string of the molecule is Cc1cc2nc(CN3CCN(c4ncccc4C#N)CC3)cc(=O)n2[nH]1. The molecule has 0 aromatic carbocycles. The zero-order valence-electron chi connectivity index (χ0n) is 14.5. The first-order chi connectivity index (χ1) is 12.6. The molecule has 3 aromatic rings. The van der Waals surface area contributed by atoms with Gasteiger partial charge in [0.15, 0.2) is 5.65 Å². The van der Waals surface area contributed by atoms with Gasteiger partial charge in [0.05, 0.1) is 11.3 Å². The van der Waals surface area contributed by atoms with E-state index in [9.17, 15) is 10.1 Å². The van der Waals surface area contributed by atoms with Crippen molar-refractivity contribution in [3.63, 3.8) is 0 Å². The van der Waals surface area contributed by atoms with Crippen molar-refractivity contribution in [2.75, 3.05) is 31.1 Å². The van der Waals surface area contributed by atoms with Gasteiger partial charge in [-0.05, 0) is 19.1 Å². The normalized spacial score (nSPS) is 15.3. The molecule has 0 spiro atoms. The predicted molar refractivity (Wildman–Crippen MR) is 97.0 cm³/mol. The molecule has 3 aromatic heterocycles. The molecule has 0 radical (unpaired) electrons. The molecule has 1 aliphatic heterocycles. The van der Waals surface area contributed by atoms with Gasteiger partial charge < -0.3 is 4.90 Å². The van der Waals surface area contributed by atoms with E-state index in [0.717, 1.165) is 43.4 Å². The Morgan fingerprint density at radius 2 is 2.08 bits per heavy atom. The van der Waals surface area contributed by atoms with Crippen molar-refractivity contribution in [3.05, 3.63) is 57.8 Å². The fraction of sp³-hybridized carbons (Fsp3) is 0.333. The zero-order chi connectivity index (χ0) is 18.1. The fourth-order valence-electron chi connectivity index (χ4n) is 3.32. The second kappa shape index (κ2) is 6.61. The summed E-state index contributed by atoms with van der Waals surface area (Å²) in [6, 6.07) is 9.23. The van der Waals surface area contributed by atoms with Crippen molar-refractivity contribution < 1.29 is 0 Å². The van der Waals surface area contributed by atoms with Gasteiger partial charge in [-0.1, -0.05) is 0 Å². The van der Waals surface area contributed by atoms with E-state index in [-0.39, 0.29) is 5.56 Å². The van der Waals surface area contributed by atoms with Gasteiger partial charge >= 0.3 is 0 Å². The van der Waals surface area contributed by atoms with Gasteiger partial charge in [0.25, 0.3) is 5.56 Å². The zero-order valence-corrected chi connectivity index (χ0v) is 14.5. The van der Waals surface area contributed by atoms with Crippen LogP contribution in [-0.4, -0.2) is 50.7 Å². The van der Waals surface area contributed by atoms with Crippen LogP contribution in [0.4, 0.5) is 5.82 Å². The molecule has 4 rings (SSSR count). The van der Waals surface area contributed by atoms with Crippen LogP contribution in [0, 0.1) is 18.3 Å². The molecular formula is C18H19N7O. The lowest BCUT2D eigenvalue weighted by Crippen LogP contribution is -2.46. The summed E-state index contributed by atoms with van der Waals surface area (Å²) in [5, 5.41) is 12.2. The standard InChI is InChI=1S/C18H19N7O/c1-13-9-16-21-15(10-17(26)25(16)22-13)12-23-5-7-24(8-6-23)18-14(11-19)3-2-4-20-18/h2-4,9-10,22H,5-8,12H2,1H3. The summed E-state index contributed by atoms with van der Waals surface area (Å²) >= 11 is 0. The van der Waals surface area contributed by atoms with Crippen molar-refractivity contribution in [2.45, 2.75) is 13.5 Å². The Hall–Kier alpha value is -3.18. The topological polar surface area (TPSA) is 93.3 Å². The molecular weight excluding hydrogens is 330 g/mol. The predicted octanol–water partition coefficient (Wildman–Crippen LogP) is 0.920. The van der Waals surface area contributed by atoms with E-state index < -0.39 is 0 Å². The van der Waals surface area contributed by atoms with E-state index in [2.05, 4.69) is 30.9 Å². The summed E-state index contributed by atoms with van der Waals surface area (Å²) in [4.78, 5) is 25.5. The number of aromatic nitrogens is 4. The first-order valence-electron chi connectivity index (χ1n) is 8.55. The molecule has 0 bridgehead atoms. The average molecular weight is 349 g/mol. The third-order valence-electron chi connectivity index (χ3n) is 4.60. The maximum Gasteiger partial charge on any atom is 0.272 e. The summed E-state index contributed by atoms with van der Waals surface area (Å²) in [5.41, 5.74) is 2.84. The molecule has 1 fully saturated rings. The second-order valence-electron chi connectivity index (χ2n) is 6.47. The Labute approximate surface area is 150 Å². The van der Waals surface area contributed by atoms with Crippen molar-refractivity contribution in [3.8, 4) is 6.07 Å². The first-order valence-corrected chi connectivity index (χ1v) is 8.55. The molecule has 26 heavy (non-hydrogen) atoms. The number of anilines is 1. The van der Waals surface area contributed by atoms with E-state index in [1.807, 2.05) is 13.0 Å². The van der Waals surface area contributed by atoms with E-state index in [1.54, 1.807) is 24.4 Å². The molecule has 8 heteroatoms. The van der Waals surface area contributed by atoms with Gasteiger partial charge in [0.1, 0.15) is 11.9 Å². The van der Waals surface area contributed by atoms with Crippen LogP contribution >= 0.6 is 0 Å². The second-order valence-corrected chi connectivity index (χ2v) is 6.47. The van der Waals surface area contributed by atoms with Crippen LogP contribution in [0.2, 0.25) is 0 Å². The molecule has 8 nitrogen and oxygen atoms in total. The molecule has 0 atom stereocenters. The average Bonchev–Trinajstić information content (AvgIpc) is 3.03. The van der Waals surface area contributed by atoms with Crippen molar-refractivity contribution >= 4 is 11.5 Å². The molecule has 0 saturated carbocycles. The van der Waals surface area contributed by atoms with Crippen LogP contribution in [0.5, 0.6) is 0 Å². The lowest BCUT2D eigenvalue weighted by Gasteiger charge is -2.35. The molecule has 0 amide bonds. The molecule has 132 valence electrons. The molecule has 0 unspecified atom stereocenters. The third kappa shape index (κ3) is 3.05. The minimum Gasteiger partial charge on any atom is -0.353 e. The first kappa shape index (κ1) is 16.3. The molecule has 1 aliphatic rings. The van der Waals surface area contributed by atoms with Gasteiger partial charge in [0.2, 0.25) is 0 Å². The molecule has 0 aliphatic carbocycles. The molecule has 4 heterocycles. The number of H-pyrrole nitrogens is 1. The number of hydrogen-bond acceptors (Lipinski definition) is 6. The highest BCUT2D eigenvalue weighted by atomic mass is 16.1. The maximum absolute atomic E-state index is 12.2. The van der Waals surface area contributed by atoms with Gasteiger partial charge in [-0.25, -0.2) is 14.5 Å². The summed E-state index contributed by atoms with van der Waals surface area (Å²) < 4.78 is 1.46. The largest absolute Gasteiger partial charge is 0.353 e. The summed E-state index contributed by atoms with van der Waals surface area (Å²) in [6.45, 7) is 5.77. The van der Waals surface area contributed by atoms with E-state index in [0.29, 0.717) is 17.8 Å². The quantitative estimate of drug-likeness (QED) is 0.756. The summed E-state index contributed by atoms with van der Waals surface area (Å²) in [5.74, 6) is 0.746. The number of fused-ring (bicyclic) bond motifs is 1. The van der Waals surface area contributed by atoms with Gasteiger partial charge in [0, 0.05) is 56.7 Å². The van der Waals surface area contributed by atoms with Gasteiger partial charge in [-0.2, -0.15) is 5.26 Å². The number of hydrogen-bond donors (Lipinski definition) is 1. The van der Waals surface area contributed by atoms with E-state index >= 15 is 0 Å². The summed E-state index contributed by atoms with van der Waals surface area (Å²) in [7, 11) is 0. The van der Waals surface area contributed by atoms with E-state index in [1.165, 1.54) is 4.52 Å². The number of pyridine rings is 1. The lowest BCUT2D eigenvalue weighted by molar-refractivity contribution is 0.246. The number of nitrogens with zero attached hydrogens (tertiary/aromatic N) is 6. The minimum absolute atomic E-state index is 0.0936. The van der Waals surface area contributed by atoms with Crippen LogP contribution in [-0.2, 0) is 6.54 Å². The highest BCUT2D eigenvalue weighted by Gasteiger charge is 2.20. The Morgan fingerprint density at radius 1 is 1.27 bits per heavy atom. The molecule has 1 N–H and O–H groups in total. The monoisotopic (exact) mass is 349 g/mol. The smallest absolute Gasteiger partial charge is 0.272 e. The van der Waals surface area contributed by atoms with Crippen LogP contribution in [0.1, 0.15) is 17.0 Å². The Bertz CT molecular complexity index is 1040. The van der Waals surface area contributed by atoms with Crippen LogP contribution in [0.15, 0.2) is 35.3 Å². The number of nitrogens with one attached hydrogen (secondary N) is 1. The molecule has 1 saturated heterocycles. The number of aromatic amines is 1. The van der Waals surface area contributed by atoms with Gasteiger partial charge in [-0.15, -0.1) is 0 Å². The fourth-order valence-corrected chi connectivity index (χ4v) is 3.32. The number of piperazine rings is 1. The van der Waals surface area contributed by atoms with Crippen molar-refractivity contribution in [1.82, 2.24) is 24.5 Å². The Kier molecular flexibility index (Phi) is 4.14. The van der Waals surface area contributed by atoms with E-state index in [4.69, 9.17) is 0 Å². The van der Waals surface area contributed by atoms with Crippen LogP contribution in [0.25, 0.3) is 5.65 Å². The minimum atomic E-state index is -0.0936. The lowest BCUT2D eigenvalue weighted by atomic mass is 10.2. The van der Waals surface area contributed by atoms with Crippen LogP contribution < -0.4 is 10.5 Å². The van der Waals surface area contributed by atoms with Crippen LogP contribution in [0.3, 0.4) is 0 Å². The Balaban J connectivity index is 1.46. The third-order valence-corrected chi connectivity index (χ3v) is 4.60. The van der Waals surface area contributed by atoms with Crippen molar-refractivity contribution in [2.24, 2.45) is 0 Å².